The van der Waals surface area contributed by atoms with Gasteiger partial charge >= 0.3 is 0 Å². The fourth-order valence-corrected chi connectivity index (χ4v) is 3.19. The second-order valence-corrected chi connectivity index (χ2v) is 5.75. The predicted molar refractivity (Wildman–Crippen MR) is 96.0 cm³/mol. The van der Waals surface area contributed by atoms with Crippen LogP contribution in [0.15, 0.2) is 42.5 Å². The number of ether oxygens (including phenoxy) is 2. The first-order valence-corrected chi connectivity index (χ1v) is 8.46. The third-order valence-electron chi connectivity index (χ3n) is 4.38. The topological polar surface area (TPSA) is 23.4 Å². The molecule has 0 unspecified atom stereocenters. The predicted octanol–water partition coefficient (Wildman–Crippen LogP) is 4.93. The Hall–Kier alpha value is -1.84. The van der Waals surface area contributed by atoms with E-state index >= 15 is 0 Å². The van der Waals surface area contributed by atoms with E-state index in [0.29, 0.717) is 13.2 Å². The van der Waals surface area contributed by atoms with Gasteiger partial charge in [-0.2, -0.15) is 0 Å². The Morgan fingerprint density at radius 3 is 2.52 bits per heavy atom. The maximum Gasteiger partial charge on any atom is 0.0798 e. The van der Waals surface area contributed by atoms with Crippen molar-refractivity contribution in [3.63, 3.8) is 0 Å². The van der Waals surface area contributed by atoms with Crippen molar-refractivity contribution in [1.29, 1.82) is 0 Å². The summed E-state index contributed by atoms with van der Waals surface area (Å²) in [5.74, 6) is 0. The number of fused-ring (bicyclic) bond motifs is 3. The lowest BCUT2D eigenvalue weighted by molar-refractivity contribution is 0.0147. The molecule has 1 heterocycles. The van der Waals surface area contributed by atoms with Crippen LogP contribution >= 0.6 is 0 Å². The van der Waals surface area contributed by atoms with Gasteiger partial charge in [0.05, 0.1) is 19.3 Å². The van der Waals surface area contributed by atoms with Crippen molar-refractivity contribution in [3.8, 4) is 0 Å². The summed E-state index contributed by atoms with van der Waals surface area (Å²) in [6, 6.07) is 15.3. The summed E-state index contributed by atoms with van der Waals surface area (Å²) in [4.78, 5) is 0. The molecule has 0 aliphatic carbocycles. The number of aryl methyl sites for hydroxylation is 1. The zero-order valence-electron chi connectivity index (χ0n) is 14.2. The van der Waals surface area contributed by atoms with E-state index < -0.39 is 0 Å². The highest BCUT2D eigenvalue weighted by atomic mass is 16.5. The van der Waals surface area contributed by atoms with Gasteiger partial charge in [0.2, 0.25) is 0 Å². The lowest BCUT2D eigenvalue weighted by Gasteiger charge is -2.14. The third kappa shape index (κ3) is 3.12. The number of aromatic nitrogens is 1. The van der Waals surface area contributed by atoms with Gasteiger partial charge in [-0.05, 0) is 44.5 Å². The second-order valence-electron chi connectivity index (χ2n) is 5.75. The molecule has 0 aliphatic heterocycles. The fourth-order valence-electron chi connectivity index (χ4n) is 3.19. The third-order valence-corrected chi connectivity index (χ3v) is 4.38. The van der Waals surface area contributed by atoms with Crippen molar-refractivity contribution < 1.29 is 9.47 Å². The Balaban J connectivity index is 1.94. The van der Waals surface area contributed by atoms with Crippen molar-refractivity contribution >= 4 is 21.8 Å². The molecular weight excluding hydrogens is 286 g/mol. The zero-order chi connectivity index (χ0) is 16.2. The first-order chi connectivity index (χ1) is 11.3. The molecule has 1 atom stereocenters. The maximum absolute atomic E-state index is 5.89. The molecule has 3 nitrogen and oxygen atoms in total. The van der Waals surface area contributed by atoms with E-state index in [0.717, 1.165) is 13.2 Å². The van der Waals surface area contributed by atoms with E-state index in [1.807, 2.05) is 6.92 Å². The minimum Gasteiger partial charge on any atom is -0.379 e. The van der Waals surface area contributed by atoms with Crippen LogP contribution < -0.4 is 0 Å². The molecule has 0 bridgehead atoms. The van der Waals surface area contributed by atoms with Crippen LogP contribution in [-0.2, 0) is 16.0 Å². The molecule has 0 fully saturated rings. The molecule has 0 amide bonds. The van der Waals surface area contributed by atoms with Gasteiger partial charge in [-0.15, -0.1) is 0 Å². The summed E-state index contributed by atoms with van der Waals surface area (Å²) in [6.07, 6.45) is 0.0728. The normalized spacial score (nSPS) is 13.0. The molecule has 23 heavy (non-hydrogen) atoms. The average Bonchev–Trinajstić information content (AvgIpc) is 2.91. The summed E-state index contributed by atoms with van der Waals surface area (Å²) in [7, 11) is 0. The molecule has 0 saturated heterocycles. The molecule has 3 rings (SSSR count). The second kappa shape index (κ2) is 7.16. The molecule has 0 radical (unpaired) electrons. The van der Waals surface area contributed by atoms with Gasteiger partial charge in [0.15, 0.2) is 0 Å². The zero-order valence-corrected chi connectivity index (χ0v) is 14.2. The summed E-state index contributed by atoms with van der Waals surface area (Å²) in [6.45, 7) is 9.29. The van der Waals surface area contributed by atoms with E-state index in [2.05, 4.69) is 60.9 Å². The Bertz CT molecular complexity index is 791. The molecule has 1 aromatic heterocycles. The SMILES string of the molecule is CCOCCO[C@H](C)c1ccc2c(c1)c1ccccc1n2CC. The lowest BCUT2D eigenvalue weighted by atomic mass is 10.1. The largest absolute Gasteiger partial charge is 0.379 e. The molecular formula is C20H25NO2. The van der Waals surface area contributed by atoms with E-state index in [9.17, 15) is 0 Å². The Labute approximate surface area is 137 Å². The monoisotopic (exact) mass is 311 g/mol. The van der Waals surface area contributed by atoms with Crippen LogP contribution in [0.4, 0.5) is 0 Å². The molecule has 3 heteroatoms. The summed E-state index contributed by atoms with van der Waals surface area (Å²) < 4.78 is 13.6. The van der Waals surface area contributed by atoms with Crippen LogP contribution in [0, 0.1) is 0 Å². The van der Waals surface area contributed by atoms with Crippen molar-refractivity contribution in [2.45, 2.75) is 33.4 Å². The van der Waals surface area contributed by atoms with E-state index in [1.54, 1.807) is 0 Å². The van der Waals surface area contributed by atoms with E-state index in [4.69, 9.17) is 9.47 Å². The number of hydrogen-bond acceptors (Lipinski definition) is 2. The molecule has 3 aromatic rings. The van der Waals surface area contributed by atoms with E-state index in [1.165, 1.54) is 27.4 Å². The molecule has 0 N–H and O–H groups in total. The Morgan fingerprint density at radius 2 is 1.74 bits per heavy atom. The number of benzene rings is 2. The highest BCUT2D eigenvalue weighted by Crippen LogP contribution is 2.31. The van der Waals surface area contributed by atoms with Crippen molar-refractivity contribution in [1.82, 2.24) is 4.57 Å². The number of hydrogen-bond donors (Lipinski definition) is 0. The molecule has 2 aromatic carbocycles. The number of nitrogens with zero attached hydrogens (tertiary/aromatic N) is 1. The smallest absolute Gasteiger partial charge is 0.0798 e. The average molecular weight is 311 g/mol. The van der Waals surface area contributed by atoms with Crippen molar-refractivity contribution in [3.05, 3.63) is 48.0 Å². The Morgan fingerprint density at radius 1 is 0.957 bits per heavy atom. The first-order valence-electron chi connectivity index (χ1n) is 8.46. The van der Waals surface area contributed by atoms with Gasteiger partial charge in [-0.1, -0.05) is 24.3 Å². The quantitative estimate of drug-likeness (QED) is 0.578. The van der Waals surface area contributed by atoms with Crippen LogP contribution in [0.3, 0.4) is 0 Å². The minimum atomic E-state index is 0.0728. The number of para-hydroxylation sites is 1. The standard InChI is InChI=1S/C20H25NO2/c1-4-21-19-9-7-6-8-17(19)18-14-16(10-11-20(18)21)15(3)23-13-12-22-5-2/h6-11,14-15H,4-5,12-13H2,1-3H3/t15-/m1/s1. The van der Waals surface area contributed by atoms with Gasteiger partial charge in [0.1, 0.15) is 0 Å². The van der Waals surface area contributed by atoms with Crippen LogP contribution in [-0.4, -0.2) is 24.4 Å². The van der Waals surface area contributed by atoms with Gasteiger partial charge in [-0.25, -0.2) is 0 Å². The van der Waals surface area contributed by atoms with Crippen LogP contribution in [0.1, 0.15) is 32.4 Å². The minimum absolute atomic E-state index is 0.0728. The van der Waals surface area contributed by atoms with Gasteiger partial charge < -0.3 is 14.0 Å². The van der Waals surface area contributed by atoms with E-state index in [-0.39, 0.29) is 6.10 Å². The van der Waals surface area contributed by atoms with Crippen LogP contribution in [0.5, 0.6) is 0 Å². The fraction of sp³-hybridized carbons (Fsp3) is 0.400. The lowest BCUT2D eigenvalue weighted by Crippen LogP contribution is -2.07. The summed E-state index contributed by atoms with van der Waals surface area (Å²) >= 11 is 0. The van der Waals surface area contributed by atoms with Crippen LogP contribution in [0.25, 0.3) is 21.8 Å². The maximum atomic E-state index is 5.89. The molecule has 0 spiro atoms. The number of rotatable bonds is 7. The highest BCUT2D eigenvalue weighted by molar-refractivity contribution is 6.08. The molecule has 0 saturated carbocycles. The summed E-state index contributed by atoms with van der Waals surface area (Å²) in [5, 5.41) is 2.62. The highest BCUT2D eigenvalue weighted by Gasteiger charge is 2.12. The first kappa shape index (κ1) is 16.0. The van der Waals surface area contributed by atoms with Gasteiger partial charge in [0.25, 0.3) is 0 Å². The molecule has 0 aliphatic rings. The molecule has 122 valence electrons. The van der Waals surface area contributed by atoms with Gasteiger partial charge in [-0.3, -0.25) is 0 Å². The van der Waals surface area contributed by atoms with Crippen molar-refractivity contribution in [2.75, 3.05) is 19.8 Å². The Kier molecular flexibility index (Phi) is 4.99. The van der Waals surface area contributed by atoms with Crippen molar-refractivity contribution in [2.24, 2.45) is 0 Å². The van der Waals surface area contributed by atoms with Crippen LogP contribution in [0.2, 0.25) is 0 Å². The summed E-state index contributed by atoms with van der Waals surface area (Å²) in [5.41, 5.74) is 3.80. The van der Waals surface area contributed by atoms with Gasteiger partial charge in [0, 0.05) is 35.0 Å².